The Bertz CT molecular complexity index is 1010. The summed E-state index contributed by atoms with van der Waals surface area (Å²) >= 11 is 7.34. The van der Waals surface area contributed by atoms with Crippen LogP contribution in [0.5, 0.6) is 5.75 Å². The first kappa shape index (κ1) is 23.9. The average molecular weight is 476 g/mol. The van der Waals surface area contributed by atoms with Crippen molar-refractivity contribution < 1.29 is 19.1 Å². The number of nitrogens with one attached hydrogen (secondary N) is 2. The first-order chi connectivity index (χ1) is 15.3. The summed E-state index contributed by atoms with van der Waals surface area (Å²) in [5.74, 6) is -0.0655. The molecule has 170 valence electrons. The molecular weight excluding hydrogens is 450 g/mol. The fourth-order valence-electron chi connectivity index (χ4n) is 3.25. The van der Waals surface area contributed by atoms with Gasteiger partial charge in [0.2, 0.25) is 11.8 Å². The molecule has 3 amide bonds. The fraction of sp³-hybridized carbons (Fsp3) is 0.348. The molecule has 0 aromatic heterocycles. The molecule has 1 aliphatic rings. The van der Waals surface area contributed by atoms with E-state index < -0.39 is 5.25 Å². The molecule has 0 saturated carbocycles. The summed E-state index contributed by atoms with van der Waals surface area (Å²) < 4.78 is 5.72. The number of hydrogen-bond acceptors (Lipinski definition) is 5. The van der Waals surface area contributed by atoms with Crippen LogP contribution in [0.1, 0.15) is 31.4 Å². The van der Waals surface area contributed by atoms with E-state index in [1.54, 1.807) is 32.3 Å². The second-order valence-corrected chi connectivity index (χ2v) is 9.26. The highest BCUT2D eigenvalue weighted by atomic mass is 35.5. The van der Waals surface area contributed by atoms with Crippen LogP contribution in [0.2, 0.25) is 5.02 Å². The largest absolute Gasteiger partial charge is 0.483 e. The van der Waals surface area contributed by atoms with Crippen LogP contribution >= 0.6 is 23.4 Å². The Morgan fingerprint density at radius 1 is 1.25 bits per heavy atom. The lowest BCUT2D eigenvalue weighted by atomic mass is 10.0. The standard InChI is InChI=1S/C23H26ClN3O4S/c1-4-16(15-7-5-6-8-18(15)31-13-22(29)27(2)3)25-21(28)12-20-23(30)26-17-11-14(24)9-10-19(17)32-20/h5-11,16,20H,4,12-13H2,1-3H3,(H,25,28)(H,26,30). The second-order valence-electron chi connectivity index (χ2n) is 7.58. The quantitative estimate of drug-likeness (QED) is 0.605. The van der Waals surface area contributed by atoms with Gasteiger partial charge < -0.3 is 20.3 Å². The normalized spacial score (nSPS) is 15.9. The molecule has 0 aliphatic carbocycles. The molecule has 1 heterocycles. The number of halogens is 1. The first-order valence-electron chi connectivity index (χ1n) is 10.3. The van der Waals surface area contributed by atoms with E-state index in [-0.39, 0.29) is 36.8 Å². The number of anilines is 1. The molecule has 0 bridgehead atoms. The molecule has 0 radical (unpaired) electrons. The third-order valence-corrected chi connectivity index (χ3v) is 6.53. The van der Waals surface area contributed by atoms with Crippen molar-refractivity contribution in [2.24, 2.45) is 0 Å². The molecule has 2 unspecified atom stereocenters. The Morgan fingerprint density at radius 3 is 2.72 bits per heavy atom. The summed E-state index contributed by atoms with van der Waals surface area (Å²) in [5.41, 5.74) is 1.45. The third kappa shape index (κ3) is 5.95. The lowest BCUT2D eigenvalue weighted by Crippen LogP contribution is -2.36. The summed E-state index contributed by atoms with van der Waals surface area (Å²) in [4.78, 5) is 39.5. The van der Waals surface area contributed by atoms with Crippen molar-refractivity contribution in [1.29, 1.82) is 0 Å². The van der Waals surface area contributed by atoms with E-state index in [1.807, 2.05) is 31.2 Å². The van der Waals surface area contributed by atoms with E-state index in [4.69, 9.17) is 16.3 Å². The minimum atomic E-state index is -0.537. The van der Waals surface area contributed by atoms with Crippen LogP contribution in [0.25, 0.3) is 0 Å². The zero-order valence-corrected chi connectivity index (χ0v) is 19.8. The van der Waals surface area contributed by atoms with Gasteiger partial charge >= 0.3 is 0 Å². The number of carbonyl (C=O) groups excluding carboxylic acids is 3. The van der Waals surface area contributed by atoms with E-state index in [9.17, 15) is 14.4 Å². The molecule has 0 fully saturated rings. The maximum absolute atomic E-state index is 12.8. The van der Waals surface area contributed by atoms with Gasteiger partial charge in [-0.2, -0.15) is 0 Å². The van der Waals surface area contributed by atoms with Gasteiger partial charge in [-0.1, -0.05) is 36.7 Å². The van der Waals surface area contributed by atoms with Gasteiger partial charge in [0.15, 0.2) is 6.61 Å². The van der Waals surface area contributed by atoms with Gasteiger partial charge in [0.25, 0.3) is 5.91 Å². The SMILES string of the molecule is CCC(NC(=O)CC1Sc2ccc(Cl)cc2NC1=O)c1ccccc1OCC(=O)N(C)C. The number of para-hydroxylation sites is 1. The van der Waals surface area contributed by atoms with Gasteiger partial charge in [0.1, 0.15) is 5.75 Å². The van der Waals surface area contributed by atoms with Crippen molar-refractivity contribution in [3.05, 3.63) is 53.1 Å². The number of ether oxygens (including phenoxy) is 1. The summed E-state index contributed by atoms with van der Waals surface area (Å²) in [5, 5.41) is 5.83. The number of likely N-dealkylation sites (N-methyl/N-ethyl adjacent to an activating group) is 1. The van der Waals surface area contributed by atoms with Crippen molar-refractivity contribution in [3.8, 4) is 5.75 Å². The van der Waals surface area contributed by atoms with Gasteiger partial charge in [0.05, 0.1) is 17.0 Å². The lowest BCUT2D eigenvalue weighted by Gasteiger charge is -2.25. The number of thioether (sulfide) groups is 1. The Hall–Kier alpha value is -2.71. The number of nitrogens with zero attached hydrogens (tertiary/aromatic N) is 1. The van der Waals surface area contributed by atoms with Gasteiger partial charge in [-0.15, -0.1) is 11.8 Å². The molecular formula is C23H26ClN3O4S. The summed E-state index contributed by atoms with van der Waals surface area (Å²) in [7, 11) is 3.33. The molecule has 2 N–H and O–H groups in total. The Labute approximate surface area is 196 Å². The van der Waals surface area contributed by atoms with Gasteiger partial charge in [0, 0.05) is 36.0 Å². The highest BCUT2D eigenvalue weighted by molar-refractivity contribution is 8.01. The predicted molar refractivity (Wildman–Crippen MR) is 126 cm³/mol. The minimum Gasteiger partial charge on any atom is -0.483 e. The Kier molecular flexibility index (Phi) is 8.04. The van der Waals surface area contributed by atoms with Crippen LogP contribution in [-0.2, 0) is 14.4 Å². The summed E-state index contributed by atoms with van der Waals surface area (Å²) in [6.07, 6.45) is 0.663. The molecule has 2 aromatic rings. The van der Waals surface area contributed by atoms with E-state index in [1.165, 1.54) is 16.7 Å². The van der Waals surface area contributed by atoms with E-state index in [2.05, 4.69) is 10.6 Å². The number of amides is 3. The predicted octanol–water partition coefficient (Wildman–Crippen LogP) is 3.88. The van der Waals surface area contributed by atoms with Gasteiger partial charge in [-0.25, -0.2) is 0 Å². The fourth-order valence-corrected chi connectivity index (χ4v) is 4.51. The number of carbonyl (C=O) groups is 3. The van der Waals surface area contributed by atoms with Crippen LogP contribution in [0.3, 0.4) is 0 Å². The maximum Gasteiger partial charge on any atom is 0.259 e. The Balaban J connectivity index is 1.66. The Morgan fingerprint density at radius 2 is 2.00 bits per heavy atom. The zero-order valence-electron chi connectivity index (χ0n) is 18.2. The topological polar surface area (TPSA) is 87.7 Å². The number of rotatable bonds is 8. The molecule has 0 saturated heterocycles. The molecule has 9 heteroatoms. The third-order valence-electron chi connectivity index (χ3n) is 5.02. The van der Waals surface area contributed by atoms with E-state index in [0.717, 1.165) is 10.5 Å². The monoisotopic (exact) mass is 475 g/mol. The second kappa shape index (κ2) is 10.7. The highest BCUT2D eigenvalue weighted by Gasteiger charge is 2.30. The smallest absolute Gasteiger partial charge is 0.259 e. The van der Waals surface area contributed by atoms with Crippen molar-refractivity contribution >= 4 is 46.8 Å². The van der Waals surface area contributed by atoms with Crippen molar-refractivity contribution in [2.75, 3.05) is 26.0 Å². The van der Waals surface area contributed by atoms with E-state index >= 15 is 0 Å². The molecule has 32 heavy (non-hydrogen) atoms. The number of fused-ring (bicyclic) bond motifs is 1. The van der Waals surface area contributed by atoms with Crippen molar-refractivity contribution in [1.82, 2.24) is 10.2 Å². The molecule has 2 aromatic carbocycles. The molecule has 7 nitrogen and oxygen atoms in total. The number of benzene rings is 2. The van der Waals surface area contributed by atoms with Crippen molar-refractivity contribution in [3.63, 3.8) is 0 Å². The zero-order chi connectivity index (χ0) is 23.3. The summed E-state index contributed by atoms with van der Waals surface area (Å²) in [6, 6.07) is 12.3. The van der Waals surface area contributed by atoms with Crippen LogP contribution in [0, 0.1) is 0 Å². The summed E-state index contributed by atoms with van der Waals surface area (Å²) in [6.45, 7) is 1.87. The number of hydrogen-bond donors (Lipinski definition) is 2. The van der Waals surface area contributed by atoms with Gasteiger partial charge in [-0.05, 0) is 30.7 Å². The molecule has 1 aliphatic heterocycles. The van der Waals surface area contributed by atoms with Crippen LogP contribution in [0.15, 0.2) is 47.4 Å². The van der Waals surface area contributed by atoms with Crippen molar-refractivity contribution in [2.45, 2.75) is 36.0 Å². The van der Waals surface area contributed by atoms with E-state index in [0.29, 0.717) is 22.9 Å². The lowest BCUT2D eigenvalue weighted by molar-refractivity contribution is -0.130. The minimum absolute atomic E-state index is 0.0389. The molecule has 2 atom stereocenters. The van der Waals surface area contributed by atoms with Crippen LogP contribution in [-0.4, -0.2) is 48.6 Å². The van der Waals surface area contributed by atoms with Gasteiger partial charge in [-0.3, -0.25) is 14.4 Å². The van der Waals surface area contributed by atoms with Crippen LogP contribution < -0.4 is 15.4 Å². The molecule has 3 rings (SSSR count). The highest BCUT2D eigenvalue weighted by Crippen LogP contribution is 2.38. The maximum atomic E-state index is 12.8. The average Bonchev–Trinajstić information content (AvgIpc) is 2.76. The van der Waals surface area contributed by atoms with Crippen LogP contribution in [0.4, 0.5) is 5.69 Å². The first-order valence-corrected chi connectivity index (χ1v) is 11.5. The molecule has 0 spiro atoms.